The highest BCUT2D eigenvalue weighted by Crippen LogP contribution is 2.08. The zero-order valence-electron chi connectivity index (χ0n) is 6.79. The maximum absolute atomic E-state index is 7.45. The molecule has 62 valence electrons. The van der Waals surface area contributed by atoms with Crippen molar-refractivity contribution < 1.29 is 0 Å². The molecule has 1 aromatic carbocycles. The van der Waals surface area contributed by atoms with Crippen molar-refractivity contribution in [2.75, 3.05) is 0 Å². The predicted octanol–water partition coefficient (Wildman–Crippen LogP) is 1.71. The zero-order valence-corrected chi connectivity index (χ0v) is 7.61. The first-order valence-corrected chi connectivity index (χ1v) is 3.98. The summed E-state index contributed by atoms with van der Waals surface area (Å²) in [6, 6.07) is 7.41. The molecule has 3 heteroatoms. The molecule has 0 saturated carbocycles. The van der Waals surface area contributed by atoms with E-state index < -0.39 is 0 Å². The smallest absolute Gasteiger partial charge is 0.104 e. The summed E-state index contributed by atoms with van der Waals surface area (Å²) in [6.07, 6.45) is 0. The molecule has 0 heterocycles. The first kappa shape index (κ1) is 8.87. The third kappa shape index (κ3) is 1.68. The standard InChI is InChI=1S/C9H10N2S/c1-6(10)7-4-2-3-5-8(7)9(11)12/h2-5,10H,1H3,(H2,11,12). The van der Waals surface area contributed by atoms with Crippen LogP contribution in [0.3, 0.4) is 0 Å². The fraction of sp³-hybridized carbons (Fsp3) is 0.111. The number of nitrogens with one attached hydrogen (secondary N) is 1. The molecule has 0 saturated heterocycles. The van der Waals surface area contributed by atoms with Gasteiger partial charge in [-0.25, -0.2) is 0 Å². The molecule has 0 fully saturated rings. The van der Waals surface area contributed by atoms with Gasteiger partial charge in [0.1, 0.15) is 4.99 Å². The van der Waals surface area contributed by atoms with E-state index >= 15 is 0 Å². The van der Waals surface area contributed by atoms with E-state index in [0.717, 1.165) is 11.1 Å². The minimum absolute atomic E-state index is 0.345. The first-order valence-electron chi connectivity index (χ1n) is 3.57. The SMILES string of the molecule is CC(=N)c1ccccc1C(N)=S. The molecule has 0 amide bonds. The Balaban J connectivity index is 3.27. The van der Waals surface area contributed by atoms with Gasteiger partial charge in [-0.2, -0.15) is 0 Å². The molecule has 2 nitrogen and oxygen atoms in total. The van der Waals surface area contributed by atoms with Gasteiger partial charge in [0, 0.05) is 16.8 Å². The van der Waals surface area contributed by atoms with Crippen LogP contribution in [0.2, 0.25) is 0 Å². The van der Waals surface area contributed by atoms with Crippen molar-refractivity contribution in [1.82, 2.24) is 0 Å². The van der Waals surface area contributed by atoms with Gasteiger partial charge < -0.3 is 11.1 Å². The fourth-order valence-corrected chi connectivity index (χ4v) is 1.20. The monoisotopic (exact) mass is 178 g/mol. The first-order chi connectivity index (χ1) is 5.63. The van der Waals surface area contributed by atoms with Gasteiger partial charge in [-0.1, -0.05) is 36.5 Å². The average Bonchev–Trinajstić information content (AvgIpc) is 2.04. The summed E-state index contributed by atoms with van der Waals surface area (Å²) in [5, 5.41) is 7.45. The molecule has 0 aliphatic carbocycles. The summed E-state index contributed by atoms with van der Waals surface area (Å²) < 4.78 is 0. The normalized spacial score (nSPS) is 9.42. The van der Waals surface area contributed by atoms with Crippen LogP contribution in [0.4, 0.5) is 0 Å². The summed E-state index contributed by atoms with van der Waals surface area (Å²) >= 11 is 4.85. The van der Waals surface area contributed by atoms with Gasteiger partial charge in [-0.05, 0) is 6.92 Å². The Morgan fingerprint density at radius 1 is 1.33 bits per heavy atom. The molecule has 3 N–H and O–H groups in total. The van der Waals surface area contributed by atoms with E-state index in [4.69, 9.17) is 23.4 Å². The number of nitrogens with two attached hydrogens (primary N) is 1. The average molecular weight is 178 g/mol. The van der Waals surface area contributed by atoms with E-state index in [1.165, 1.54) is 0 Å². The second-order valence-corrected chi connectivity index (χ2v) is 2.97. The molecule has 0 aromatic heterocycles. The van der Waals surface area contributed by atoms with E-state index in [-0.39, 0.29) is 0 Å². The maximum atomic E-state index is 7.45. The summed E-state index contributed by atoms with van der Waals surface area (Å²) in [5.41, 5.74) is 7.56. The summed E-state index contributed by atoms with van der Waals surface area (Å²) in [7, 11) is 0. The highest BCUT2D eigenvalue weighted by molar-refractivity contribution is 7.80. The fourth-order valence-electron chi connectivity index (χ4n) is 1.02. The zero-order chi connectivity index (χ0) is 9.14. The molecule has 0 aliphatic heterocycles. The number of hydrogen-bond donors (Lipinski definition) is 2. The van der Waals surface area contributed by atoms with Crippen molar-refractivity contribution in [3.8, 4) is 0 Å². The predicted molar refractivity (Wildman–Crippen MR) is 54.8 cm³/mol. The quantitative estimate of drug-likeness (QED) is 0.535. The lowest BCUT2D eigenvalue weighted by Gasteiger charge is -2.04. The molecular formula is C9H10N2S. The molecule has 0 radical (unpaired) electrons. The molecule has 12 heavy (non-hydrogen) atoms. The third-order valence-corrected chi connectivity index (χ3v) is 1.82. The Morgan fingerprint density at radius 3 is 2.17 bits per heavy atom. The van der Waals surface area contributed by atoms with E-state index in [0.29, 0.717) is 10.7 Å². The second-order valence-electron chi connectivity index (χ2n) is 2.53. The lowest BCUT2D eigenvalue weighted by Crippen LogP contribution is -2.13. The van der Waals surface area contributed by atoms with Crippen LogP contribution >= 0.6 is 12.2 Å². The summed E-state index contributed by atoms with van der Waals surface area (Å²) in [6.45, 7) is 1.72. The van der Waals surface area contributed by atoms with Crippen molar-refractivity contribution in [3.63, 3.8) is 0 Å². The van der Waals surface area contributed by atoms with Gasteiger partial charge in [0.25, 0.3) is 0 Å². The van der Waals surface area contributed by atoms with Crippen LogP contribution in [0.15, 0.2) is 24.3 Å². The Labute approximate surface area is 76.9 Å². The highest BCUT2D eigenvalue weighted by atomic mass is 32.1. The molecule has 0 unspecified atom stereocenters. The van der Waals surface area contributed by atoms with Crippen LogP contribution in [0, 0.1) is 5.41 Å². The van der Waals surface area contributed by atoms with Gasteiger partial charge in [0.05, 0.1) is 0 Å². The van der Waals surface area contributed by atoms with Crippen LogP contribution in [0.25, 0.3) is 0 Å². The van der Waals surface area contributed by atoms with Crippen molar-refractivity contribution >= 4 is 22.9 Å². The molecule has 0 spiro atoms. The Morgan fingerprint density at radius 2 is 1.83 bits per heavy atom. The number of hydrogen-bond acceptors (Lipinski definition) is 2. The number of rotatable bonds is 2. The van der Waals surface area contributed by atoms with Gasteiger partial charge in [-0.15, -0.1) is 0 Å². The molecule has 0 atom stereocenters. The summed E-state index contributed by atoms with van der Waals surface area (Å²) in [4.78, 5) is 0.345. The molecule has 0 aliphatic rings. The Kier molecular flexibility index (Phi) is 2.55. The van der Waals surface area contributed by atoms with Crippen LogP contribution in [0.5, 0.6) is 0 Å². The second kappa shape index (κ2) is 3.45. The molecular weight excluding hydrogens is 168 g/mol. The lowest BCUT2D eigenvalue weighted by molar-refractivity contribution is 1.44. The van der Waals surface area contributed by atoms with E-state index in [2.05, 4.69) is 0 Å². The molecule has 1 aromatic rings. The van der Waals surface area contributed by atoms with Crippen molar-refractivity contribution in [3.05, 3.63) is 35.4 Å². The largest absolute Gasteiger partial charge is 0.389 e. The maximum Gasteiger partial charge on any atom is 0.104 e. The number of benzene rings is 1. The van der Waals surface area contributed by atoms with Gasteiger partial charge in [0.2, 0.25) is 0 Å². The van der Waals surface area contributed by atoms with Gasteiger partial charge in [0.15, 0.2) is 0 Å². The third-order valence-electron chi connectivity index (χ3n) is 1.60. The van der Waals surface area contributed by atoms with Crippen LogP contribution in [-0.2, 0) is 0 Å². The van der Waals surface area contributed by atoms with E-state index in [9.17, 15) is 0 Å². The van der Waals surface area contributed by atoms with Gasteiger partial charge >= 0.3 is 0 Å². The molecule has 1 rings (SSSR count). The van der Waals surface area contributed by atoms with Crippen LogP contribution in [0.1, 0.15) is 18.1 Å². The topological polar surface area (TPSA) is 49.9 Å². The highest BCUT2D eigenvalue weighted by Gasteiger charge is 2.04. The van der Waals surface area contributed by atoms with E-state index in [1.54, 1.807) is 6.92 Å². The van der Waals surface area contributed by atoms with Crippen LogP contribution in [-0.4, -0.2) is 10.7 Å². The van der Waals surface area contributed by atoms with Crippen molar-refractivity contribution in [1.29, 1.82) is 5.41 Å². The molecule has 0 bridgehead atoms. The Hall–Kier alpha value is -1.22. The number of thiocarbonyl (C=S) groups is 1. The van der Waals surface area contributed by atoms with Crippen molar-refractivity contribution in [2.45, 2.75) is 6.92 Å². The van der Waals surface area contributed by atoms with Crippen LogP contribution < -0.4 is 5.73 Å². The lowest BCUT2D eigenvalue weighted by atomic mass is 10.0. The minimum atomic E-state index is 0.345. The van der Waals surface area contributed by atoms with E-state index in [1.807, 2.05) is 24.3 Å². The Bertz CT molecular complexity index is 298. The van der Waals surface area contributed by atoms with Crippen molar-refractivity contribution in [2.24, 2.45) is 5.73 Å². The summed E-state index contributed by atoms with van der Waals surface area (Å²) in [5.74, 6) is 0. The van der Waals surface area contributed by atoms with Gasteiger partial charge in [-0.3, -0.25) is 0 Å². The minimum Gasteiger partial charge on any atom is -0.389 e.